The zero-order chi connectivity index (χ0) is 20.5. The second kappa shape index (κ2) is 8.66. The SMILES string of the molecule is O=C(O)[C@@H](c1c[nH]c2ccc(Br)cc12)N1CCN(Cc2ccc(Cl)cc2Cl)CC1. The van der Waals surface area contributed by atoms with Crippen LogP contribution >= 0.6 is 39.1 Å². The number of carboxylic acid groups (broad SMARTS) is 1. The molecule has 2 N–H and O–H groups in total. The fourth-order valence-electron chi connectivity index (χ4n) is 3.90. The van der Waals surface area contributed by atoms with E-state index in [1.807, 2.05) is 41.4 Å². The Morgan fingerprint density at radius 3 is 2.59 bits per heavy atom. The number of nitrogens with zero attached hydrogens (tertiary/aromatic N) is 2. The lowest BCUT2D eigenvalue weighted by Gasteiger charge is -2.37. The number of fused-ring (bicyclic) bond motifs is 1. The summed E-state index contributed by atoms with van der Waals surface area (Å²) in [5.41, 5.74) is 2.76. The molecule has 0 bridgehead atoms. The Bertz CT molecular complexity index is 1050. The number of carbonyl (C=O) groups is 1. The number of aromatic nitrogens is 1. The molecule has 3 aromatic rings. The number of hydrogen-bond acceptors (Lipinski definition) is 3. The van der Waals surface area contributed by atoms with Crippen molar-refractivity contribution in [2.24, 2.45) is 0 Å². The highest BCUT2D eigenvalue weighted by Gasteiger charge is 2.32. The number of nitrogens with one attached hydrogen (secondary N) is 1. The van der Waals surface area contributed by atoms with E-state index in [1.165, 1.54) is 0 Å². The minimum Gasteiger partial charge on any atom is -0.480 e. The van der Waals surface area contributed by atoms with Crippen LogP contribution in [0.4, 0.5) is 0 Å². The van der Waals surface area contributed by atoms with E-state index < -0.39 is 12.0 Å². The lowest BCUT2D eigenvalue weighted by Crippen LogP contribution is -2.48. The van der Waals surface area contributed by atoms with Gasteiger partial charge in [-0.1, -0.05) is 45.2 Å². The third-order valence-corrected chi connectivity index (χ3v) is 6.47. The zero-order valence-corrected chi connectivity index (χ0v) is 18.6. The lowest BCUT2D eigenvalue weighted by atomic mass is 10.0. The first-order valence-electron chi connectivity index (χ1n) is 9.32. The second-order valence-electron chi connectivity index (χ2n) is 7.22. The summed E-state index contributed by atoms with van der Waals surface area (Å²) in [4.78, 5) is 19.7. The van der Waals surface area contributed by atoms with Gasteiger partial charge >= 0.3 is 5.97 Å². The molecule has 0 unspecified atom stereocenters. The first-order chi connectivity index (χ1) is 13.9. The van der Waals surface area contributed by atoms with Gasteiger partial charge < -0.3 is 10.1 Å². The third kappa shape index (κ3) is 4.47. The van der Waals surface area contributed by atoms with Gasteiger partial charge in [-0.05, 0) is 35.9 Å². The van der Waals surface area contributed by atoms with E-state index in [2.05, 4.69) is 25.8 Å². The standard InChI is InChI=1S/C21H20BrCl2N3O2/c22-14-2-4-19-16(9-14)17(11-25-19)20(21(28)29)27-7-5-26(6-8-27)12-13-1-3-15(23)10-18(13)24/h1-4,9-11,20,25H,5-8,12H2,(H,28,29)/t20-/m1/s1. The molecule has 5 nitrogen and oxygen atoms in total. The molecule has 0 saturated carbocycles. The maximum absolute atomic E-state index is 12.2. The first kappa shape index (κ1) is 20.7. The largest absolute Gasteiger partial charge is 0.480 e. The van der Waals surface area contributed by atoms with E-state index in [1.54, 1.807) is 6.07 Å². The monoisotopic (exact) mass is 495 g/mol. The Kier molecular flexibility index (Phi) is 6.18. The quantitative estimate of drug-likeness (QED) is 0.510. The summed E-state index contributed by atoms with van der Waals surface area (Å²) < 4.78 is 0.930. The molecule has 1 saturated heterocycles. The minimum atomic E-state index is -0.833. The van der Waals surface area contributed by atoms with Crippen LogP contribution in [0.2, 0.25) is 10.0 Å². The van der Waals surface area contributed by atoms with Gasteiger partial charge in [0.05, 0.1) is 0 Å². The molecule has 0 amide bonds. The predicted octanol–water partition coefficient (Wildman–Crippen LogP) is 5.18. The number of aromatic amines is 1. The topological polar surface area (TPSA) is 59.6 Å². The summed E-state index contributed by atoms with van der Waals surface area (Å²) in [5.74, 6) is -0.833. The smallest absolute Gasteiger partial charge is 0.325 e. The maximum atomic E-state index is 12.2. The minimum absolute atomic E-state index is 0.623. The van der Waals surface area contributed by atoms with Crippen molar-refractivity contribution in [3.8, 4) is 0 Å². The number of halogens is 3. The summed E-state index contributed by atoms with van der Waals surface area (Å²) in [5, 5.41) is 12.2. The molecular formula is C21H20BrCl2N3O2. The van der Waals surface area contributed by atoms with Gasteiger partial charge in [0.2, 0.25) is 0 Å². The van der Waals surface area contributed by atoms with Crippen molar-refractivity contribution in [2.45, 2.75) is 12.6 Å². The highest BCUT2D eigenvalue weighted by molar-refractivity contribution is 9.10. The molecule has 1 aliphatic heterocycles. The molecule has 2 aromatic carbocycles. The van der Waals surface area contributed by atoms with E-state index >= 15 is 0 Å². The zero-order valence-electron chi connectivity index (χ0n) is 15.5. The molecule has 1 aromatic heterocycles. The first-order valence-corrected chi connectivity index (χ1v) is 10.9. The summed E-state index contributed by atoms with van der Waals surface area (Å²) in [7, 11) is 0. The van der Waals surface area contributed by atoms with Gasteiger partial charge in [0.1, 0.15) is 6.04 Å². The van der Waals surface area contributed by atoms with Gasteiger partial charge in [0, 0.05) is 69.9 Å². The number of piperazine rings is 1. The maximum Gasteiger partial charge on any atom is 0.325 e. The number of hydrogen-bond donors (Lipinski definition) is 2. The Morgan fingerprint density at radius 2 is 1.90 bits per heavy atom. The van der Waals surface area contributed by atoms with E-state index in [0.29, 0.717) is 23.1 Å². The van der Waals surface area contributed by atoms with Crippen LogP contribution in [0.3, 0.4) is 0 Å². The van der Waals surface area contributed by atoms with Gasteiger partial charge in [0.25, 0.3) is 0 Å². The van der Waals surface area contributed by atoms with Crippen molar-refractivity contribution >= 4 is 56.0 Å². The molecule has 1 aliphatic rings. The van der Waals surface area contributed by atoms with E-state index in [9.17, 15) is 9.90 Å². The molecule has 4 rings (SSSR count). The van der Waals surface area contributed by atoms with Gasteiger partial charge in [-0.3, -0.25) is 14.6 Å². The second-order valence-corrected chi connectivity index (χ2v) is 8.98. The summed E-state index contributed by atoms with van der Waals surface area (Å²) in [6.45, 7) is 3.61. The number of aliphatic carboxylic acids is 1. The fraction of sp³-hybridized carbons (Fsp3) is 0.286. The van der Waals surface area contributed by atoms with E-state index in [4.69, 9.17) is 23.2 Å². The Balaban J connectivity index is 1.49. The molecule has 1 atom stereocenters. The van der Waals surface area contributed by atoms with Gasteiger partial charge in [0.15, 0.2) is 0 Å². The van der Waals surface area contributed by atoms with Crippen molar-refractivity contribution in [1.82, 2.24) is 14.8 Å². The molecule has 1 fully saturated rings. The van der Waals surface area contributed by atoms with E-state index in [0.717, 1.165) is 46.1 Å². The Labute approximate surface area is 187 Å². The van der Waals surface area contributed by atoms with Crippen molar-refractivity contribution < 1.29 is 9.90 Å². The summed E-state index contributed by atoms with van der Waals surface area (Å²) in [6, 6.07) is 10.7. The average Bonchev–Trinajstić information content (AvgIpc) is 3.08. The van der Waals surface area contributed by atoms with Gasteiger partial charge in [-0.15, -0.1) is 0 Å². The van der Waals surface area contributed by atoms with Gasteiger partial charge in [-0.2, -0.15) is 0 Å². The van der Waals surface area contributed by atoms with Crippen molar-refractivity contribution in [1.29, 1.82) is 0 Å². The van der Waals surface area contributed by atoms with Crippen LogP contribution in [0.25, 0.3) is 10.9 Å². The lowest BCUT2D eigenvalue weighted by molar-refractivity contribution is -0.144. The van der Waals surface area contributed by atoms with Crippen LogP contribution in [-0.4, -0.2) is 52.0 Å². The normalized spacial score (nSPS) is 16.9. The molecule has 0 aliphatic carbocycles. The van der Waals surface area contributed by atoms with Gasteiger partial charge in [-0.25, -0.2) is 0 Å². The summed E-state index contributed by atoms with van der Waals surface area (Å²) >= 11 is 15.8. The summed E-state index contributed by atoms with van der Waals surface area (Å²) in [6.07, 6.45) is 1.82. The van der Waals surface area contributed by atoms with Crippen molar-refractivity contribution in [3.63, 3.8) is 0 Å². The molecule has 2 heterocycles. The molecule has 0 radical (unpaired) electrons. The third-order valence-electron chi connectivity index (χ3n) is 5.39. The molecule has 0 spiro atoms. The highest BCUT2D eigenvalue weighted by Crippen LogP contribution is 2.31. The van der Waals surface area contributed by atoms with Crippen molar-refractivity contribution in [2.75, 3.05) is 26.2 Å². The molecule has 152 valence electrons. The van der Waals surface area contributed by atoms with Crippen LogP contribution in [0, 0.1) is 0 Å². The van der Waals surface area contributed by atoms with Crippen LogP contribution < -0.4 is 0 Å². The fourth-order valence-corrected chi connectivity index (χ4v) is 4.73. The van der Waals surface area contributed by atoms with Crippen LogP contribution in [0.1, 0.15) is 17.2 Å². The number of rotatable bonds is 5. The number of carboxylic acids is 1. The Morgan fingerprint density at radius 1 is 1.14 bits per heavy atom. The van der Waals surface area contributed by atoms with Crippen LogP contribution in [0.5, 0.6) is 0 Å². The molecular weight excluding hydrogens is 477 g/mol. The Hall–Kier alpha value is -1.57. The van der Waals surface area contributed by atoms with E-state index in [-0.39, 0.29) is 0 Å². The number of benzene rings is 2. The average molecular weight is 497 g/mol. The molecule has 29 heavy (non-hydrogen) atoms. The van der Waals surface area contributed by atoms with Crippen LogP contribution in [-0.2, 0) is 11.3 Å². The molecule has 8 heteroatoms. The van der Waals surface area contributed by atoms with Crippen molar-refractivity contribution in [3.05, 3.63) is 68.2 Å². The number of H-pyrrole nitrogens is 1. The highest BCUT2D eigenvalue weighted by atomic mass is 79.9. The predicted molar refractivity (Wildman–Crippen MR) is 120 cm³/mol. The van der Waals surface area contributed by atoms with Crippen LogP contribution in [0.15, 0.2) is 47.1 Å².